The smallest absolute Gasteiger partial charge is 0.227 e. The van der Waals surface area contributed by atoms with Crippen LogP contribution in [0, 0.1) is 0 Å². The highest BCUT2D eigenvalue weighted by molar-refractivity contribution is 5.76. The second kappa shape index (κ2) is 8.58. The molecule has 1 atom stereocenters. The molecule has 0 saturated carbocycles. The Kier molecular flexibility index (Phi) is 5.96. The van der Waals surface area contributed by atoms with Crippen LogP contribution in [-0.2, 0) is 11.2 Å². The molecule has 0 radical (unpaired) electrons. The number of hydrogen-bond acceptors (Lipinski definition) is 5. The van der Waals surface area contributed by atoms with Crippen molar-refractivity contribution < 1.29 is 9.32 Å². The van der Waals surface area contributed by atoms with Gasteiger partial charge in [0.2, 0.25) is 17.6 Å². The van der Waals surface area contributed by atoms with E-state index in [0.717, 1.165) is 11.1 Å². The second-order valence-electron chi connectivity index (χ2n) is 6.86. The van der Waals surface area contributed by atoms with Crippen LogP contribution in [-0.4, -0.2) is 21.0 Å². The van der Waals surface area contributed by atoms with E-state index in [-0.39, 0.29) is 11.9 Å². The Balaban J connectivity index is 1.54. The van der Waals surface area contributed by atoms with Crippen molar-refractivity contribution in [3.05, 3.63) is 65.8 Å². The number of aryl methyl sites for hydroxylation is 1. The highest BCUT2D eigenvalue weighted by atomic mass is 16.5. The van der Waals surface area contributed by atoms with Gasteiger partial charge < -0.3 is 9.84 Å². The fraction of sp³-hybridized carbons (Fsp3) is 0.333. The average molecular weight is 364 g/mol. The van der Waals surface area contributed by atoms with E-state index in [2.05, 4.69) is 46.4 Å². The molecule has 0 aliphatic heterocycles. The predicted octanol–water partition coefficient (Wildman–Crippen LogP) is 4.07. The Hall–Kier alpha value is -3.02. The summed E-state index contributed by atoms with van der Waals surface area (Å²) in [5.41, 5.74) is 3.19. The van der Waals surface area contributed by atoms with Crippen molar-refractivity contribution >= 4 is 5.91 Å². The largest absolute Gasteiger partial charge is 0.350 e. The zero-order valence-corrected chi connectivity index (χ0v) is 15.8. The molecule has 0 bridgehead atoms. The molecule has 0 fully saturated rings. The predicted molar refractivity (Wildman–Crippen MR) is 103 cm³/mol. The van der Waals surface area contributed by atoms with Crippen LogP contribution in [0.25, 0.3) is 11.4 Å². The number of benzene rings is 1. The van der Waals surface area contributed by atoms with E-state index >= 15 is 0 Å². The van der Waals surface area contributed by atoms with Crippen molar-refractivity contribution in [1.29, 1.82) is 0 Å². The standard InChI is InChI=1S/C21H24N4O2/c1-14(2)16-4-6-18(7-5-16)21-24-20(27-25-21)9-8-19(26)23-15(3)17-10-12-22-13-11-17/h4-7,10-15H,8-9H2,1-3H3,(H,23,26). The minimum absolute atomic E-state index is 0.0552. The van der Waals surface area contributed by atoms with Crippen molar-refractivity contribution in [1.82, 2.24) is 20.4 Å². The molecule has 0 saturated heterocycles. The maximum absolute atomic E-state index is 12.2. The fourth-order valence-electron chi connectivity index (χ4n) is 2.76. The molecule has 1 amide bonds. The number of rotatable bonds is 7. The highest BCUT2D eigenvalue weighted by Crippen LogP contribution is 2.20. The first-order valence-corrected chi connectivity index (χ1v) is 9.15. The summed E-state index contributed by atoms with van der Waals surface area (Å²) in [6, 6.07) is 11.8. The first-order chi connectivity index (χ1) is 13.0. The van der Waals surface area contributed by atoms with Gasteiger partial charge in [0, 0.05) is 30.8 Å². The molecule has 0 spiro atoms. The maximum Gasteiger partial charge on any atom is 0.227 e. The van der Waals surface area contributed by atoms with Gasteiger partial charge in [0.25, 0.3) is 0 Å². The summed E-state index contributed by atoms with van der Waals surface area (Å²) in [5, 5.41) is 6.99. The number of carbonyl (C=O) groups excluding carboxylic acids is 1. The molecule has 140 valence electrons. The molecule has 1 aromatic carbocycles. The van der Waals surface area contributed by atoms with E-state index in [9.17, 15) is 4.79 Å². The van der Waals surface area contributed by atoms with Gasteiger partial charge >= 0.3 is 0 Å². The fourth-order valence-corrected chi connectivity index (χ4v) is 2.76. The molecule has 0 aliphatic rings. The van der Waals surface area contributed by atoms with Crippen LogP contribution in [0.3, 0.4) is 0 Å². The second-order valence-corrected chi connectivity index (χ2v) is 6.86. The minimum atomic E-state index is -0.0711. The Morgan fingerprint density at radius 3 is 2.41 bits per heavy atom. The molecule has 2 heterocycles. The molecular weight excluding hydrogens is 340 g/mol. The summed E-state index contributed by atoms with van der Waals surface area (Å²) in [4.78, 5) is 20.5. The molecule has 27 heavy (non-hydrogen) atoms. The SMILES string of the molecule is CC(C)c1ccc(-c2noc(CCC(=O)NC(C)c3ccncc3)n2)cc1. The molecule has 3 rings (SSSR count). The number of carbonyl (C=O) groups is 1. The van der Waals surface area contributed by atoms with E-state index in [0.29, 0.717) is 30.5 Å². The van der Waals surface area contributed by atoms with Gasteiger partial charge in [0.05, 0.1) is 6.04 Å². The first-order valence-electron chi connectivity index (χ1n) is 9.15. The lowest BCUT2D eigenvalue weighted by Crippen LogP contribution is -2.26. The van der Waals surface area contributed by atoms with Crippen LogP contribution in [0.2, 0.25) is 0 Å². The van der Waals surface area contributed by atoms with E-state index in [4.69, 9.17) is 4.52 Å². The summed E-state index contributed by atoms with van der Waals surface area (Å²) < 4.78 is 5.29. The van der Waals surface area contributed by atoms with Gasteiger partial charge in [0.15, 0.2) is 0 Å². The Morgan fingerprint density at radius 1 is 1.04 bits per heavy atom. The third-order valence-electron chi connectivity index (χ3n) is 4.45. The van der Waals surface area contributed by atoms with Gasteiger partial charge in [-0.1, -0.05) is 43.3 Å². The summed E-state index contributed by atoms with van der Waals surface area (Å²) in [6.07, 6.45) is 4.13. The topological polar surface area (TPSA) is 80.9 Å². The summed E-state index contributed by atoms with van der Waals surface area (Å²) >= 11 is 0. The molecule has 1 unspecified atom stereocenters. The number of amides is 1. The van der Waals surface area contributed by atoms with Crippen LogP contribution in [0.4, 0.5) is 0 Å². The van der Waals surface area contributed by atoms with E-state index in [1.54, 1.807) is 12.4 Å². The highest BCUT2D eigenvalue weighted by Gasteiger charge is 2.13. The summed E-state index contributed by atoms with van der Waals surface area (Å²) in [6.45, 7) is 6.25. The summed E-state index contributed by atoms with van der Waals surface area (Å²) in [5.74, 6) is 1.43. The van der Waals surface area contributed by atoms with Crippen LogP contribution in [0.5, 0.6) is 0 Å². The van der Waals surface area contributed by atoms with E-state index < -0.39 is 0 Å². The maximum atomic E-state index is 12.2. The van der Waals surface area contributed by atoms with Crippen LogP contribution >= 0.6 is 0 Å². The lowest BCUT2D eigenvalue weighted by molar-refractivity contribution is -0.121. The van der Waals surface area contributed by atoms with Gasteiger partial charge in [-0.2, -0.15) is 4.98 Å². The normalized spacial score (nSPS) is 12.1. The van der Waals surface area contributed by atoms with Crippen LogP contribution in [0.15, 0.2) is 53.3 Å². The number of aromatic nitrogens is 3. The van der Waals surface area contributed by atoms with Gasteiger partial charge in [-0.05, 0) is 36.1 Å². The van der Waals surface area contributed by atoms with Crippen molar-refractivity contribution in [3.63, 3.8) is 0 Å². The van der Waals surface area contributed by atoms with Crippen molar-refractivity contribution in [3.8, 4) is 11.4 Å². The molecule has 0 aliphatic carbocycles. The molecule has 6 nitrogen and oxygen atoms in total. The third kappa shape index (κ3) is 5.00. The third-order valence-corrected chi connectivity index (χ3v) is 4.45. The molecule has 1 N–H and O–H groups in total. The van der Waals surface area contributed by atoms with Gasteiger partial charge in [-0.3, -0.25) is 9.78 Å². The average Bonchev–Trinajstić information content (AvgIpc) is 3.16. The van der Waals surface area contributed by atoms with Gasteiger partial charge in [-0.25, -0.2) is 0 Å². The Morgan fingerprint density at radius 2 is 1.74 bits per heavy atom. The number of nitrogens with one attached hydrogen (secondary N) is 1. The van der Waals surface area contributed by atoms with Gasteiger partial charge in [-0.15, -0.1) is 0 Å². The summed E-state index contributed by atoms with van der Waals surface area (Å²) in [7, 11) is 0. The van der Waals surface area contributed by atoms with Crippen molar-refractivity contribution in [2.24, 2.45) is 0 Å². The quantitative estimate of drug-likeness (QED) is 0.683. The van der Waals surface area contributed by atoms with Crippen LogP contribution in [0.1, 0.15) is 56.2 Å². The Bertz CT molecular complexity index is 873. The van der Waals surface area contributed by atoms with E-state index in [1.165, 1.54) is 5.56 Å². The van der Waals surface area contributed by atoms with E-state index in [1.807, 2.05) is 31.2 Å². The lowest BCUT2D eigenvalue weighted by atomic mass is 10.0. The van der Waals surface area contributed by atoms with Crippen molar-refractivity contribution in [2.75, 3.05) is 0 Å². The molecule has 3 aromatic rings. The first kappa shape index (κ1) is 18.8. The zero-order chi connectivity index (χ0) is 19.2. The monoisotopic (exact) mass is 364 g/mol. The molecular formula is C21H24N4O2. The lowest BCUT2D eigenvalue weighted by Gasteiger charge is -2.13. The number of pyridine rings is 1. The Labute approximate surface area is 159 Å². The van der Waals surface area contributed by atoms with Crippen LogP contribution < -0.4 is 5.32 Å². The minimum Gasteiger partial charge on any atom is -0.350 e. The van der Waals surface area contributed by atoms with Gasteiger partial charge in [0.1, 0.15) is 0 Å². The molecule has 2 aromatic heterocycles. The van der Waals surface area contributed by atoms with Crippen molar-refractivity contribution in [2.45, 2.75) is 45.6 Å². The number of nitrogens with zero attached hydrogens (tertiary/aromatic N) is 3. The number of hydrogen-bond donors (Lipinski definition) is 1. The molecule has 6 heteroatoms. The zero-order valence-electron chi connectivity index (χ0n) is 15.8.